The fraction of sp³-hybridized carbons (Fsp3) is 0.130. The Kier molecular flexibility index (Phi) is 5.39. The first-order valence-corrected chi connectivity index (χ1v) is 10.2. The molecule has 4 rings (SSSR count). The minimum atomic E-state index is -4.50. The molecule has 0 fully saturated rings. The van der Waals surface area contributed by atoms with E-state index in [2.05, 4.69) is 4.98 Å². The van der Waals surface area contributed by atoms with Gasteiger partial charge in [0.2, 0.25) is 0 Å². The summed E-state index contributed by atoms with van der Waals surface area (Å²) in [6.45, 7) is 1.98. The Morgan fingerprint density at radius 3 is 2.50 bits per heavy atom. The topological polar surface area (TPSA) is 34.9 Å². The average Bonchev–Trinajstić information content (AvgIpc) is 2.72. The summed E-state index contributed by atoms with van der Waals surface area (Å²) in [6.07, 6.45) is -4.50. The summed E-state index contributed by atoms with van der Waals surface area (Å²) >= 11 is 1.48. The maximum absolute atomic E-state index is 13.2. The lowest BCUT2D eigenvalue weighted by molar-refractivity contribution is -0.137. The Labute approximate surface area is 175 Å². The van der Waals surface area contributed by atoms with E-state index >= 15 is 0 Å². The third kappa shape index (κ3) is 4.11. The van der Waals surface area contributed by atoms with Crippen molar-refractivity contribution in [2.45, 2.75) is 23.7 Å². The number of hydrogen-bond acceptors (Lipinski definition) is 3. The van der Waals surface area contributed by atoms with Crippen molar-refractivity contribution in [2.24, 2.45) is 0 Å². The van der Waals surface area contributed by atoms with Gasteiger partial charge in [-0.15, -0.1) is 11.8 Å². The van der Waals surface area contributed by atoms with Gasteiger partial charge < -0.3 is 0 Å². The molecule has 0 saturated heterocycles. The minimum Gasteiger partial charge on any atom is -0.268 e. The van der Waals surface area contributed by atoms with E-state index < -0.39 is 11.7 Å². The van der Waals surface area contributed by atoms with E-state index in [9.17, 15) is 18.0 Å². The van der Waals surface area contributed by atoms with Crippen LogP contribution >= 0.6 is 11.8 Å². The lowest BCUT2D eigenvalue weighted by atomic mass is 10.2. The smallest absolute Gasteiger partial charge is 0.268 e. The van der Waals surface area contributed by atoms with Crippen LogP contribution in [0.5, 0.6) is 0 Å². The van der Waals surface area contributed by atoms with Crippen molar-refractivity contribution >= 4 is 22.7 Å². The molecule has 0 radical (unpaired) electrons. The van der Waals surface area contributed by atoms with Crippen LogP contribution in [0.4, 0.5) is 13.2 Å². The molecule has 0 N–H and O–H groups in total. The largest absolute Gasteiger partial charge is 0.416 e. The molecule has 0 amide bonds. The van der Waals surface area contributed by atoms with Crippen molar-refractivity contribution in [3.63, 3.8) is 0 Å². The van der Waals surface area contributed by atoms with Crippen molar-refractivity contribution < 1.29 is 13.2 Å². The molecule has 1 heterocycles. The lowest BCUT2D eigenvalue weighted by Gasteiger charge is -2.15. The highest BCUT2D eigenvalue weighted by molar-refractivity contribution is 7.98. The van der Waals surface area contributed by atoms with Crippen LogP contribution in [0.3, 0.4) is 0 Å². The molecule has 0 saturated carbocycles. The number of aryl methyl sites for hydroxylation is 1. The van der Waals surface area contributed by atoms with Crippen LogP contribution in [0.25, 0.3) is 16.6 Å². The molecular formula is C23H17F3N2OS. The van der Waals surface area contributed by atoms with Crippen LogP contribution in [0.1, 0.15) is 17.0 Å². The predicted molar refractivity (Wildman–Crippen MR) is 113 cm³/mol. The molecule has 4 aromatic rings. The molecule has 1 aromatic heterocycles. The maximum Gasteiger partial charge on any atom is 0.416 e. The summed E-state index contributed by atoms with van der Waals surface area (Å²) in [4.78, 5) is 18.8. The third-order valence-corrected chi connectivity index (χ3v) is 5.62. The van der Waals surface area contributed by atoms with Crippen molar-refractivity contribution in [1.29, 1.82) is 0 Å². The van der Waals surface area contributed by atoms with E-state index in [1.807, 2.05) is 31.2 Å². The molecule has 0 bridgehead atoms. The fourth-order valence-corrected chi connectivity index (χ4v) is 4.15. The van der Waals surface area contributed by atoms with Gasteiger partial charge in [-0.2, -0.15) is 13.2 Å². The zero-order valence-corrected chi connectivity index (χ0v) is 16.8. The lowest BCUT2D eigenvalue weighted by Crippen LogP contribution is -2.24. The Morgan fingerprint density at radius 1 is 0.967 bits per heavy atom. The standard InChI is InChI=1S/C23H17F3N2OS/c1-15-6-4-9-18(12-15)30-14-21-27-20-11-3-2-10-19(20)22(29)28(21)17-8-5-7-16(13-17)23(24,25)26/h2-13H,14H2,1H3. The molecule has 3 aromatic carbocycles. The highest BCUT2D eigenvalue weighted by Crippen LogP contribution is 2.31. The average molecular weight is 426 g/mol. The van der Waals surface area contributed by atoms with Gasteiger partial charge in [0.25, 0.3) is 5.56 Å². The molecule has 7 heteroatoms. The Balaban J connectivity index is 1.86. The Hall–Kier alpha value is -3.06. The number of aromatic nitrogens is 2. The molecule has 0 spiro atoms. The second-order valence-electron chi connectivity index (χ2n) is 6.84. The summed E-state index contributed by atoms with van der Waals surface area (Å²) in [7, 11) is 0. The molecule has 0 aliphatic rings. The van der Waals surface area contributed by atoms with Gasteiger partial charge in [-0.25, -0.2) is 4.98 Å². The van der Waals surface area contributed by atoms with Crippen LogP contribution in [-0.2, 0) is 11.9 Å². The first-order valence-electron chi connectivity index (χ1n) is 9.21. The number of alkyl halides is 3. The molecule has 0 aliphatic carbocycles. The number of para-hydroxylation sites is 1. The predicted octanol–water partition coefficient (Wildman–Crippen LogP) is 6.01. The van der Waals surface area contributed by atoms with Gasteiger partial charge >= 0.3 is 6.18 Å². The molecule has 30 heavy (non-hydrogen) atoms. The number of benzene rings is 3. The van der Waals surface area contributed by atoms with Crippen LogP contribution in [0, 0.1) is 6.92 Å². The van der Waals surface area contributed by atoms with Gasteiger partial charge in [0.15, 0.2) is 0 Å². The molecule has 0 aliphatic heterocycles. The highest BCUT2D eigenvalue weighted by atomic mass is 32.2. The van der Waals surface area contributed by atoms with Gasteiger partial charge in [0.1, 0.15) is 5.82 Å². The first kappa shape index (κ1) is 20.2. The van der Waals surface area contributed by atoms with Crippen molar-refractivity contribution in [2.75, 3.05) is 0 Å². The zero-order valence-electron chi connectivity index (χ0n) is 16.0. The zero-order chi connectivity index (χ0) is 21.3. The second kappa shape index (κ2) is 7.99. The van der Waals surface area contributed by atoms with Gasteiger partial charge in [-0.05, 0) is 49.4 Å². The molecule has 3 nitrogen and oxygen atoms in total. The van der Waals surface area contributed by atoms with Crippen LogP contribution in [0.2, 0.25) is 0 Å². The summed E-state index contributed by atoms with van der Waals surface area (Å²) in [5, 5.41) is 0.360. The van der Waals surface area contributed by atoms with E-state index in [1.165, 1.54) is 28.5 Å². The van der Waals surface area contributed by atoms with E-state index in [1.54, 1.807) is 24.3 Å². The highest BCUT2D eigenvalue weighted by Gasteiger charge is 2.30. The van der Waals surface area contributed by atoms with Crippen molar-refractivity contribution in [3.05, 3.63) is 100 Å². The summed E-state index contributed by atoms with van der Waals surface area (Å²) in [5.41, 5.74) is 0.567. The first-order chi connectivity index (χ1) is 14.3. The molecule has 0 atom stereocenters. The van der Waals surface area contributed by atoms with E-state index in [4.69, 9.17) is 0 Å². The van der Waals surface area contributed by atoms with Gasteiger partial charge in [0, 0.05) is 4.90 Å². The number of nitrogens with zero attached hydrogens (tertiary/aromatic N) is 2. The number of thioether (sulfide) groups is 1. The second-order valence-corrected chi connectivity index (χ2v) is 7.89. The van der Waals surface area contributed by atoms with E-state index in [-0.39, 0.29) is 11.2 Å². The van der Waals surface area contributed by atoms with Crippen molar-refractivity contribution in [3.8, 4) is 5.69 Å². The summed E-state index contributed by atoms with van der Waals surface area (Å²) in [5.74, 6) is 0.726. The Morgan fingerprint density at radius 2 is 1.73 bits per heavy atom. The number of fused-ring (bicyclic) bond motifs is 1. The van der Waals surface area contributed by atoms with Crippen LogP contribution < -0.4 is 5.56 Å². The Bertz CT molecular complexity index is 1280. The summed E-state index contributed by atoms with van der Waals surface area (Å²) in [6, 6.07) is 19.5. The van der Waals surface area contributed by atoms with Crippen LogP contribution in [0.15, 0.2) is 82.5 Å². The van der Waals surface area contributed by atoms with Crippen molar-refractivity contribution in [1.82, 2.24) is 9.55 Å². The SMILES string of the molecule is Cc1cccc(SCc2nc3ccccc3c(=O)n2-c2cccc(C(F)(F)F)c2)c1. The number of hydrogen-bond donors (Lipinski definition) is 0. The summed E-state index contributed by atoms with van der Waals surface area (Å²) < 4.78 is 41.0. The minimum absolute atomic E-state index is 0.146. The van der Waals surface area contributed by atoms with Gasteiger partial charge in [-0.3, -0.25) is 9.36 Å². The molecular weight excluding hydrogens is 409 g/mol. The number of rotatable bonds is 4. The fourth-order valence-electron chi connectivity index (χ4n) is 3.22. The third-order valence-electron chi connectivity index (χ3n) is 4.63. The van der Waals surface area contributed by atoms with E-state index in [0.717, 1.165) is 22.6 Å². The van der Waals surface area contributed by atoms with E-state index in [0.29, 0.717) is 22.5 Å². The quantitative estimate of drug-likeness (QED) is 0.375. The maximum atomic E-state index is 13.2. The monoisotopic (exact) mass is 426 g/mol. The van der Waals surface area contributed by atoms with Crippen LogP contribution in [-0.4, -0.2) is 9.55 Å². The number of halogens is 3. The molecule has 0 unspecified atom stereocenters. The normalized spacial score (nSPS) is 11.7. The molecule has 152 valence electrons. The van der Waals surface area contributed by atoms with Gasteiger partial charge in [-0.1, -0.05) is 35.9 Å². The van der Waals surface area contributed by atoms with Gasteiger partial charge in [0.05, 0.1) is 27.9 Å².